The molecule has 0 radical (unpaired) electrons. The molecule has 0 unspecified atom stereocenters. The lowest BCUT2D eigenvalue weighted by Crippen LogP contribution is -2.36. The Bertz CT molecular complexity index is 503. The third-order valence-electron chi connectivity index (χ3n) is 3.45. The minimum absolute atomic E-state index is 0.354. The van der Waals surface area contributed by atoms with Gasteiger partial charge in [-0.25, -0.2) is 4.98 Å². The van der Waals surface area contributed by atoms with Gasteiger partial charge in [0.1, 0.15) is 11.3 Å². The number of ether oxygens (including phenoxy) is 1. The highest BCUT2D eigenvalue weighted by Gasteiger charge is 2.21. The molecule has 0 saturated carbocycles. The molecule has 3 rings (SSSR count). The molecule has 0 aromatic carbocycles. The van der Waals surface area contributed by atoms with Crippen LogP contribution in [0.4, 0.5) is 0 Å². The van der Waals surface area contributed by atoms with Crippen LogP contribution >= 0.6 is 11.3 Å². The first-order chi connectivity index (χ1) is 9.33. The van der Waals surface area contributed by atoms with E-state index >= 15 is 0 Å². The Morgan fingerprint density at radius 1 is 1.58 bits per heavy atom. The van der Waals surface area contributed by atoms with Crippen LogP contribution in [0, 0.1) is 0 Å². The zero-order valence-electron chi connectivity index (χ0n) is 11.0. The van der Waals surface area contributed by atoms with Crippen molar-refractivity contribution in [1.29, 1.82) is 0 Å². The van der Waals surface area contributed by atoms with Crippen molar-refractivity contribution < 1.29 is 9.15 Å². The highest BCUT2D eigenvalue weighted by molar-refractivity contribution is 7.13. The van der Waals surface area contributed by atoms with Gasteiger partial charge in [0.05, 0.1) is 18.1 Å². The Hall–Kier alpha value is -1.17. The van der Waals surface area contributed by atoms with Gasteiger partial charge >= 0.3 is 0 Å². The molecule has 0 amide bonds. The van der Waals surface area contributed by atoms with Gasteiger partial charge < -0.3 is 14.5 Å². The maximum atomic E-state index is 5.67. The fourth-order valence-electron chi connectivity index (χ4n) is 2.30. The van der Waals surface area contributed by atoms with Gasteiger partial charge in [0.15, 0.2) is 0 Å². The molecule has 0 bridgehead atoms. The average molecular weight is 278 g/mol. The summed E-state index contributed by atoms with van der Waals surface area (Å²) < 4.78 is 10.8. The second kappa shape index (κ2) is 5.86. The van der Waals surface area contributed by atoms with E-state index in [4.69, 9.17) is 9.15 Å². The summed E-state index contributed by atoms with van der Waals surface area (Å²) >= 11 is 1.65. The van der Waals surface area contributed by atoms with Gasteiger partial charge in [0, 0.05) is 30.1 Å². The largest absolute Gasteiger partial charge is 0.472 e. The molecule has 0 spiro atoms. The summed E-state index contributed by atoms with van der Waals surface area (Å²) in [5.74, 6) is 0. The predicted molar refractivity (Wildman–Crippen MR) is 75.1 cm³/mol. The monoisotopic (exact) mass is 278 g/mol. The van der Waals surface area contributed by atoms with Crippen molar-refractivity contribution in [1.82, 2.24) is 10.3 Å². The number of thiazole rings is 1. The van der Waals surface area contributed by atoms with Crippen molar-refractivity contribution in [2.75, 3.05) is 6.61 Å². The predicted octanol–water partition coefficient (Wildman–Crippen LogP) is 3.06. The molecule has 2 atom stereocenters. The zero-order chi connectivity index (χ0) is 13.1. The Kier molecular flexibility index (Phi) is 3.96. The van der Waals surface area contributed by atoms with Gasteiger partial charge in [-0.15, -0.1) is 11.3 Å². The molecule has 5 heteroatoms. The second-order valence-corrected chi connectivity index (χ2v) is 5.74. The first-order valence-corrected chi connectivity index (χ1v) is 7.53. The molecule has 4 nitrogen and oxygen atoms in total. The smallest absolute Gasteiger partial charge is 0.126 e. The summed E-state index contributed by atoms with van der Waals surface area (Å²) in [4.78, 5) is 4.61. The quantitative estimate of drug-likeness (QED) is 0.913. The third kappa shape index (κ3) is 3.05. The van der Waals surface area contributed by atoms with Crippen molar-refractivity contribution in [3.63, 3.8) is 0 Å². The summed E-state index contributed by atoms with van der Waals surface area (Å²) in [5, 5.41) is 6.60. The van der Waals surface area contributed by atoms with E-state index in [0.717, 1.165) is 35.8 Å². The van der Waals surface area contributed by atoms with Gasteiger partial charge in [-0.2, -0.15) is 0 Å². The van der Waals surface area contributed by atoms with Crippen LogP contribution in [-0.2, 0) is 11.3 Å². The average Bonchev–Trinajstić information content (AvgIpc) is 3.14. The first-order valence-electron chi connectivity index (χ1n) is 6.65. The molecule has 2 aromatic heterocycles. The fraction of sp³-hybridized carbons (Fsp3) is 0.500. The highest BCUT2D eigenvalue weighted by atomic mass is 32.1. The van der Waals surface area contributed by atoms with Crippen molar-refractivity contribution in [2.45, 2.75) is 38.5 Å². The van der Waals surface area contributed by atoms with Gasteiger partial charge in [0.25, 0.3) is 0 Å². The molecule has 19 heavy (non-hydrogen) atoms. The third-order valence-corrected chi connectivity index (χ3v) is 4.39. The SMILES string of the molecule is C[C@H](NCc1csc(-c2ccoc2)n1)[C@@H]1CCCO1. The van der Waals surface area contributed by atoms with Crippen molar-refractivity contribution in [3.05, 3.63) is 29.7 Å². The van der Waals surface area contributed by atoms with E-state index in [1.54, 1.807) is 23.9 Å². The van der Waals surface area contributed by atoms with Crippen molar-refractivity contribution >= 4 is 11.3 Å². The topological polar surface area (TPSA) is 47.3 Å². The number of aromatic nitrogens is 1. The van der Waals surface area contributed by atoms with Gasteiger partial charge in [0.2, 0.25) is 0 Å². The van der Waals surface area contributed by atoms with E-state index in [0.29, 0.717) is 12.1 Å². The maximum Gasteiger partial charge on any atom is 0.126 e. The summed E-state index contributed by atoms with van der Waals surface area (Å²) in [5.41, 5.74) is 2.12. The lowest BCUT2D eigenvalue weighted by atomic mass is 10.1. The molecule has 1 aliphatic heterocycles. The van der Waals surface area contributed by atoms with Gasteiger partial charge in [-0.05, 0) is 25.8 Å². The van der Waals surface area contributed by atoms with Crippen LogP contribution in [0.5, 0.6) is 0 Å². The van der Waals surface area contributed by atoms with Crippen LogP contribution < -0.4 is 5.32 Å². The first kappa shape index (κ1) is 12.8. The molecule has 1 aliphatic rings. The van der Waals surface area contributed by atoms with E-state index in [1.807, 2.05) is 6.07 Å². The van der Waals surface area contributed by atoms with E-state index in [2.05, 4.69) is 22.6 Å². The Balaban J connectivity index is 1.55. The van der Waals surface area contributed by atoms with Gasteiger partial charge in [-0.1, -0.05) is 0 Å². The second-order valence-electron chi connectivity index (χ2n) is 4.88. The summed E-state index contributed by atoms with van der Waals surface area (Å²) in [6, 6.07) is 2.31. The molecule has 0 aliphatic carbocycles. The van der Waals surface area contributed by atoms with Crippen molar-refractivity contribution in [2.24, 2.45) is 0 Å². The van der Waals surface area contributed by atoms with Crippen LogP contribution in [0.2, 0.25) is 0 Å². The minimum Gasteiger partial charge on any atom is -0.472 e. The summed E-state index contributed by atoms with van der Waals surface area (Å²) in [7, 11) is 0. The molecule has 3 heterocycles. The van der Waals surface area contributed by atoms with Crippen LogP contribution in [0.3, 0.4) is 0 Å². The number of nitrogens with zero attached hydrogens (tertiary/aromatic N) is 1. The Labute approximate surface area is 116 Å². The minimum atomic E-state index is 0.354. The Morgan fingerprint density at radius 2 is 2.53 bits per heavy atom. The van der Waals surface area contributed by atoms with Crippen LogP contribution in [0.15, 0.2) is 28.4 Å². The number of hydrogen-bond acceptors (Lipinski definition) is 5. The van der Waals surface area contributed by atoms with Gasteiger partial charge in [-0.3, -0.25) is 0 Å². The normalized spacial score (nSPS) is 20.8. The molecule has 1 N–H and O–H groups in total. The number of hydrogen-bond donors (Lipinski definition) is 1. The van der Waals surface area contributed by atoms with Crippen LogP contribution in [0.25, 0.3) is 10.6 Å². The number of rotatable bonds is 5. The van der Waals surface area contributed by atoms with Crippen LogP contribution in [-0.4, -0.2) is 23.7 Å². The molecular formula is C14H18N2O2S. The fourth-order valence-corrected chi connectivity index (χ4v) is 3.11. The standard InChI is InChI=1S/C14H18N2O2S/c1-10(13-3-2-5-18-13)15-7-12-9-19-14(16-12)11-4-6-17-8-11/h4,6,8-10,13,15H,2-3,5,7H2,1H3/t10-,13-/m0/s1. The highest BCUT2D eigenvalue weighted by Crippen LogP contribution is 2.24. The Morgan fingerprint density at radius 3 is 3.26 bits per heavy atom. The summed E-state index contributed by atoms with van der Waals surface area (Å²) in [6.45, 7) is 3.87. The molecule has 102 valence electrons. The molecule has 1 saturated heterocycles. The molecule has 1 fully saturated rings. The van der Waals surface area contributed by atoms with Crippen LogP contribution in [0.1, 0.15) is 25.5 Å². The lowest BCUT2D eigenvalue weighted by molar-refractivity contribution is 0.0831. The van der Waals surface area contributed by atoms with E-state index in [1.165, 1.54) is 6.42 Å². The van der Waals surface area contributed by atoms with E-state index in [9.17, 15) is 0 Å². The molecular weight excluding hydrogens is 260 g/mol. The lowest BCUT2D eigenvalue weighted by Gasteiger charge is -2.19. The van der Waals surface area contributed by atoms with E-state index in [-0.39, 0.29) is 0 Å². The zero-order valence-corrected chi connectivity index (χ0v) is 11.8. The molecule has 2 aromatic rings. The maximum absolute atomic E-state index is 5.67. The number of furan rings is 1. The van der Waals surface area contributed by atoms with Crippen molar-refractivity contribution in [3.8, 4) is 10.6 Å². The number of nitrogens with one attached hydrogen (secondary N) is 1. The van der Waals surface area contributed by atoms with E-state index < -0.39 is 0 Å². The summed E-state index contributed by atoms with van der Waals surface area (Å²) in [6.07, 6.45) is 6.09.